The Kier molecular flexibility index (Phi) is 3.13. The highest BCUT2D eigenvalue weighted by atomic mass is 16.5. The summed E-state index contributed by atoms with van der Waals surface area (Å²) < 4.78 is 10.5. The number of aliphatic imine (C=N–C) groups is 1. The fourth-order valence-electron chi connectivity index (χ4n) is 1.59. The van der Waals surface area contributed by atoms with E-state index in [4.69, 9.17) is 9.47 Å². The minimum Gasteiger partial charge on any atom is -0.475 e. The Labute approximate surface area is 100 Å². The van der Waals surface area contributed by atoms with Crippen LogP contribution < -0.4 is 0 Å². The minimum atomic E-state index is -0.475. The fourth-order valence-corrected chi connectivity index (χ4v) is 1.59. The van der Waals surface area contributed by atoms with Crippen LogP contribution in [0.1, 0.15) is 19.4 Å². The molecule has 1 aliphatic heterocycles. The Morgan fingerprint density at radius 3 is 2.82 bits per heavy atom. The van der Waals surface area contributed by atoms with Crippen molar-refractivity contribution in [1.82, 2.24) is 0 Å². The molecule has 1 aromatic carbocycles. The van der Waals surface area contributed by atoms with E-state index in [1.807, 2.05) is 37.3 Å². The maximum atomic E-state index is 10.8. The molecular weight excluding hydrogens is 218 g/mol. The summed E-state index contributed by atoms with van der Waals surface area (Å²) in [6, 6.07) is 9.69. The molecule has 4 heteroatoms. The van der Waals surface area contributed by atoms with Crippen molar-refractivity contribution in [2.45, 2.75) is 19.4 Å². The number of nitrogens with zero attached hydrogens (tertiary/aromatic N) is 1. The molecule has 0 spiro atoms. The molecule has 0 amide bonds. The molecule has 1 aromatic rings. The molecule has 0 aromatic heterocycles. The van der Waals surface area contributed by atoms with E-state index in [1.54, 1.807) is 0 Å². The van der Waals surface area contributed by atoms with Crippen molar-refractivity contribution < 1.29 is 14.3 Å². The topological polar surface area (TPSA) is 47.9 Å². The summed E-state index contributed by atoms with van der Waals surface area (Å²) >= 11 is 0. The van der Waals surface area contributed by atoms with E-state index in [2.05, 4.69) is 4.99 Å². The zero-order valence-electron chi connectivity index (χ0n) is 9.97. The maximum absolute atomic E-state index is 10.8. The second kappa shape index (κ2) is 4.57. The molecule has 0 radical (unpaired) electrons. The molecule has 0 N–H and O–H groups in total. The lowest BCUT2D eigenvalue weighted by atomic mass is 10.1. The standard InChI is InChI=1S/C13H15NO3/c1-10(15)16-8-13(2)9-17-12(14-13)11-6-4-3-5-7-11/h3-7H,8-9H2,1-2H3. The van der Waals surface area contributed by atoms with Crippen LogP contribution in [0.15, 0.2) is 35.3 Å². The molecule has 0 bridgehead atoms. The maximum Gasteiger partial charge on any atom is 0.302 e. The van der Waals surface area contributed by atoms with Gasteiger partial charge in [-0.1, -0.05) is 18.2 Å². The van der Waals surface area contributed by atoms with Gasteiger partial charge in [0, 0.05) is 12.5 Å². The third kappa shape index (κ3) is 2.84. The molecule has 2 rings (SSSR count). The zero-order chi connectivity index (χ0) is 12.3. The van der Waals surface area contributed by atoms with Gasteiger partial charge in [-0.05, 0) is 19.1 Å². The van der Waals surface area contributed by atoms with Gasteiger partial charge in [0.25, 0.3) is 0 Å². The van der Waals surface area contributed by atoms with Gasteiger partial charge in [-0.3, -0.25) is 4.79 Å². The number of carbonyl (C=O) groups excluding carboxylic acids is 1. The first-order valence-electron chi connectivity index (χ1n) is 5.50. The Bertz CT molecular complexity index is 441. The van der Waals surface area contributed by atoms with Crippen molar-refractivity contribution in [1.29, 1.82) is 0 Å². The molecule has 0 aliphatic carbocycles. The van der Waals surface area contributed by atoms with Crippen molar-refractivity contribution >= 4 is 11.9 Å². The summed E-state index contributed by atoms with van der Waals surface area (Å²) in [6.45, 7) is 3.98. The molecule has 4 nitrogen and oxygen atoms in total. The Morgan fingerprint density at radius 1 is 1.47 bits per heavy atom. The van der Waals surface area contributed by atoms with E-state index in [0.29, 0.717) is 12.5 Å². The lowest BCUT2D eigenvalue weighted by molar-refractivity contribution is -0.142. The Morgan fingerprint density at radius 2 is 2.18 bits per heavy atom. The third-order valence-electron chi connectivity index (χ3n) is 2.50. The molecule has 1 atom stereocenters. The SMILES string of the molecule is CC(=O)OCC1(C)COC(c2ccccc2)=N1. The van der Waals surface area contributed by atoms with E-state index in [1.165, 1.54) is 6.92 Å². The van der Waals surface area contributed by atoms with Gasteiger partial charge in [0.05, 0.1) is 0 Å². The van der Waals surface area contributed by atoms with Gasteiger partial charge in [-0.25, -0.2) is 4.99 Å². The van der Waals surface area contributed by atoms with Crippen molar-refractivity contribution in [2.75, 3.05) is 13.2 Å². The molecule has 90 valence electrons. The predicted octanol–water partition coefficient (Wildman–Crippen LogP) is 1.79. The molecular formula is C13H15NO3. The highest BCUT2D eigenvalue weighted by molar-refractivity contribution is 5.95. The molecule has 1 heterocycles. The summed E-state index contributed by atoms with van der Waals surface area (Å²) in [5.74, 6) is 0.315. The van der Waals surface area contributed by atoms with Gasteiger partial charge in [0.1, 0.15) is 18.8 Å². The average molecular weight is 233 g/mol. The number of hydrogen-bond donors (Lipinski definition) is 0. The van der Waals surface area contributed by atoms with Crippen molar-refractivity contribution in [3.05, 3.63) is 35.9 Å². The van der Waals surface area contributed by atoms with Gasteiger partial charge in [-0.2, -0.15) is 0 Å². The number of benzene rings is 1. The first-order valence-corrected chi connectivity index (χ1v) is 5.50. The number of carbonyl (C=O) groups is 1. The molecule has 17 heavy (non-hydrogen) atoms. The monoisotopic (exact) mass is 233 g/mol. The molecule has 0 fully saturated rings. The Balaban J connectivity index is 2.10. The number of esters is 1. The minimum absolute atomic E-state index is 0.249. The fraction of sp³-hybridized carbons (Fsp3) is 0.385. The number of rotatable bonds is 3. The summed E-state index contributed by atoms with van der Waals surface area (Å²) in [4.78, 5) is 15.3. The first-order chi connectivity index (χ1) is 8.09. The van der Waals surface area contributed by atoms with Crippen LogP contribution in [0.4, 0.5) is 0 Å². The number of hydrogen-bond acceptors (Lipinski definition) is 4. The van der Waals surface area contributed by atoms with Gasteiger partial charge in [-0.15, -0.1) is 0 Å². The zero-order valence-corrected chi connectivity index (χ0v) is 9.97. The quantitative estimate of drug-likeness (QED) is 0.748. The van der Waals surface area contributed by atoms with Crippen LogP contribution in [-0.4, -0.2) is 30.6 Å². The van der Waals surface area contributed by atoms with Crippen LogP contribution >= 0.6 is 0 Å². The summed E-state index contributed by atoms with van der Waals surface area (Å²) in [5, 5.41) is 0. The van der Waals surface area contributed by atoms with Crippen molar-refractivity contribution in [3.8, 4) is 0 Å². The lowest BCUT2D eigenvalue weighted by Crippen LogP contribution is -2.31. The van der Waals surface area contributed by atoms with E-state index >= 15 is 0 Å². The van der Waals surface area contributed by atoms with Gasteiger partial charge < -0.3 is 9.47 Å². The van der Waals surface area contributed by atoms with Crippen LogP contribution in [-0.2, 0) is 14.3 Å². The molecule has 1 unspecified atom stereocenters. The third-order valence-corrected chi connectivity index (χ3v) is 2.50. The van der Waals surface area contributed by atoms with Gasteiger partial charge in [0.2, 0.25) is 5.90 Å². The highest BCUT2D eigenvalue weighted by Gasteiger charge is 2.33. The lowest BCUT2D eigenvalue weighted by Gasteiger charge is -2.16. The van der Waals surface area contributed by atoms with Crippen molar-refractivity contribution in [2.24, 2.45) is 4.99 Å². The van der Waals surface area contributed by atoms with E-state index in [9.17, 15) is 4.79 Å². The van der Waals surface area contributed by atoms with E-state index in [-0.39, 0.29) is 12.6 Å². The smallest absolute Gasteiger partial charge is 0.302 e. The largest absolute Gasteiger partial charge is 0.475 e. The highest BCUT2D eigenvalue weighted by Crippen LogP contribution is 2.21. The van der Waals surface area contributed by atoms with Crippen LogP contribution in [0.25, 0.3) is 0 Å². The van der Waals surface area contributed by atoms with Crippen molar-refractivity contribution in [3.63, 3.8) is 0 Å². The summed E-state index contributed by atoms with van der Waals surface area (Å²) in [5.41, 5.74) is 0.468. The molecule has 0 saturated carbocycles. The summed E-state index contributed by atoms with van der Waals surface area (Å²) in [6.07, 6.45) is 0. The predicted molar refractivity (Wildman–Crippen MR) is 64.0 cm³/mol. The molecule has 0 saturated heterocycles. The first kappa shape index (κ1) is 11.6. The van der Waals surface area contributed by atoms with Gasteiger partial charge >= 0.3 is 5.97 Å². The van der Waals surface area contributed by atoms with Crippen LogP contribution in [0.2, 0.25) is 0 Å². The second-order valence-electron chi connectivity index (χ2n) is 4.35. The number of ether oxygens (including phenoxy) is 2. The Hall–Kier alpha value is -1.84. The normalized spacial score (nSPS) is 22.8. The van der Waals surface area contributed by atoms with E-state index in [0.717, 1.165) is 5.56 Å². The second-order valence-corrected chi connectivity index (χ2v) is 4.35. The van der Waals surface area contributed by atoms with Crippen LogP contribution in [0, 0.1) is 0 Å². The molecule has 1 aliphatic rings. The van der Waals surface area contributed by atoms with E-state index < -0.39 is 5.54 Å². The van der Waals surface area contributed by atoms with Gasteiger partial charge in [0.15, 0.2) is 0 Å². The average Bonchev–Trinajstić information content (AvgIpc) is 2.72. The van der Waals surface area contributed by atoms with Crippen LogP contribution in [0.5, 0.6) is 0 Å². The van der Waals surface area contributed by atoms with Crippen LogP contribution in [0.3, 0.4) is 0 Å². The summed E-state index contributed by atoms with van der Waals surface area (Å²) in [7, 11) is 0.